The van der Waals surface area contributed by atoms with Crippen molar-refractivity contribution in [2.75, 3.05) is 18.6 Å². The molecule has 8 nitrogen and oxygen atoms in total. The Balaban J connectivity index is 2.17. The summed E-state index contributed by atoms with van der Waals surface area (Å²) in [6, 6.07) is 9.48. The first-order valence-electron chi connectivity index (χ1n) is 9.34. The van der Waals surface area contributed by atoms with Crippen LogP contribution in [0.5, 0.6) is 5.75 Å². The highest BCUT2D eigenvalue weighted by Crippen LogP contribution is 2.24. The van der Waals surface area contributed by atoms with Crippen molar-refractivity contribution in [3.63, 3.8) is 0 Å². The van der Waals surface area contributed by atoms with Crippen LogP contribution in [0.15, 0.2) is 42.5 Å². The lowest BCUT2D eigenvalue weighted by atomic mass is 10.0. The molecule has 0 aliphatic rings. The normalized spacial score (nSPS) is 11.4. The summed E-state index contributed by atoms with van der Waals surface area (Å²) in [4.78, 5) is 37.4. The number of amides is 2. The molecule has 162 valence electrons. The predicted octanol–water partition coefficient (Wildman–Crippen LogP) is 3.68. The average molecular weight is 444 g/mol. The van der Waals surface area contributed by atoms with E-state index < -0.39 is 16.9 Å². The van der Waals surface area contributed by atoms with E-state index in [4.69, 9.17) is 22.8 Å². The van der Waals surface area contributed by atoms with E-state index in [1.165, 1.54) is 17.0 Å². The van der Waals surface area contributed by atoms with Crippen LogP contribution in [0.2, 0.25) is 5.02 Å². The molecule has 1 unspecified atom stereocenters. The fourth-order valence-corrected chi connectivity index (χ4v) is 3.02. The molecule has 1 N–H and O–H groups in total. The van der Waals surface area contributed by atoms with E-state index in [2.05, 4.69) is 11.2 Å². The summed E-state index contributed by atoms with van der Waals surface area (Å²) < 4.78 is 5.32. The Labute approximate surface area is 185 Å². The minimum Gasteiger partial charge on any atom is -0.481 e. The van der Waals surface area contributed by atoms with Gasteiger partial charge in [-0.3, -0.25) is 19.7 Å². The second kappa shape index (κ2) is 10.5. The van der Waals surface area contributed by atoms with Crippen molar-refractivity contribution in [1.82, 2.24) is 5.32 Å². The topological polar surface area (TPSA) is 102 Å². The molecule has 0 saturated carbocycles. The third-order valence-corrected chi connectivity index (χ3v) is 4.82. The van der Waals surface area contributed by atoms with Gasteiger partial charge in [0.25, 0.3) is 11.6 Å². The lowest BCUT2D eigenvalue weighted by molar-refractivity contribution is -0.384. The maximum Gasteiger partial charge on any atom is 0.270 e. The van der Waals surface area contributed by atoms with Crippen molar-refractivity contribution in [3.05, 3.63) is 63.2 Å². The zero-order valence-electron chi connectivity index (χ0n) is 17.3. The van der Waals surface area contributed by atoms with E-state index in [0.29, 0.717) is 11.4 Å². The molecule has 2 amide bonds. The van der Waals surface area contributed by atoms with Crippen LogP contribution >= 0.6 is 11.6 Å². The number of nitro groups is 1. The molecular formula is C22H22ClN3O5. The second-order valence-electron chi connectivity index (χ2n) is 7.00. The highest BCUT2D eigenvalue weighted by atomic mass is 35.5. The number of likely N-dealkylation sites (N-methyl/N-ethyl adjacent to an activating group) is 1. The molecule has 0 aliphatic heterocycles. The van der Waals surface area contributed by atoms with Crippen LogP contribution < -0.4 is 15.0 Å². The van der Waals surface area contributed by atoms with Crippen LogP contribution in [0.4, 0.5) is 11.4 Å². The van der Waals surface area contributed by atoms with Crippen molar-refractivity contribution >= 4 is 34.8 Å². The molecule has 31 heavy (non-hydrogen) atoms. The number of nitrogens with zero attached hydrogens (tertiary/aromatic N) is 2. The van der Waals surface area contributed by atoms with E-state index in [0.717, 1.165) is 6.07 Å². The average Bonchev–Trinajstić information content (AvgIpc) is 2.74. The zero-order chi connectivity index (χ0) is 23.1. The standard InChI is InChI=1S/C22H22ClN3O5/c1-5-12-31-17-9-6-15(7-10-17)25(4)22(28)20(14(2)3)24-21(27)18-11-8-16(26(29)30)13-19(18)23/h1,6-11,13-14,20H,12H2,2-4H3,(H,24,27). The van der Waals surface area contributed by atoms with Gasteiger partial charge in [0.2, 0.25) is 5.91 Å². The maximum absolute atomic E-state index is 13.1. The quantitative estimate of drug-likeness (QED) is 0.381. The molecule has 0 bridgehead atoms. The van der Waals surface area contributed by atoms with Gasteiger partial charge in [-0.1, -0.05) is 31.4 Å². The van der Waals surface area contributed by atoms with E-state index >= 15 is 0 Å². The van der Waals surface area contributed by atoms with E-state index in [1.54, 1.807) is 45.2 Å². The minimum atomic E-state index is -0.846. The van der Waals surface area contributed by atoms with Crippen molar-refractivity contribution in [1.29, 1.82) is 0 Å². The van der Waals surface area contributed by atoms with Gasteiger partial charge in [-0.15, -0.1) is 6.42 Å². The van der Waals surface area contributed by atoms with Gasteiger partial charge in [-0.05, 0) is 36.2 Å². The first kappa shape index (κ1) is 23.7. The lowest BCUT2D eigenvalue weighted by Crippen LogP contribution is -2.50. The number of ether oxygens (including phenoxy) is 1. The Morgan fingerprint density at radius 3 is 2.42 bits per heavy atom. The molecule has 0 spiro atoms. The molecule has 9 heteroatoms. The molecule has 0 radical (unpaired) electrons. The highest BCUT2D eigenvalue weighted by molar-refractivity contribution is 6.34. The Morgan fingerprint density at radius 1 is 1.26 bits per heavy atom. The summed E-state index contributed by atoms with van der Waals surface area (Å²) >= 11 is 6.04. The Hall–Kier alpha value is -3.57. The number of nitro benzene ring substituents is 1. The monoisotopic (exact) mass is 443 g/mol. The number of rotatable bonds is 8. The summed E-state index contributed by atoms with van der Waals surface area (Å²) in [7, 11) is 1.60. The van der Waals surface area contributed by atoms with Crippen LogP contribution in [0.3, 0.4) is 0 Å². The van der Waals surface area contributed by atoms with Crippen molar-refractivity contribution in [2.45, 2.75) is 19.9 Å². The minimum absolute atomic E-state index is 0.0448. The highest BCUT2D eigenvalue weighted by Gasteiger charge is 2.29. The molecule has 0 saturated heterocycles. The van der Waals surface area contributed by atoms with Crippen LogP contribution in [0.1, 0.15) is 24.2 Å². The van der Waals surface area contributed by atoms with Crippen LogP contribution in [-0.2, 0) is 4.79 Å². The summed E-state index contributed by atoms with van der Waals surface area (Å²) in [5.74, 6) is 1.79. The Kier molecular flexibility index (Phi) is 8.00. The molecule has 2 aromatic rings. The number of hydrogen-bond donors (Lipinski definition) is 1. The van der Waals surface area contributed by atoms with Gasteiger partial charge in [0.15, 0.2) is 0 Å². The maximum atomic E-state index is 13.1. The molecule has 0 aromatic heterocycles. The number of benzene rings is 2. The molecule has 0 fully saturated rings. The summed E-state index contributed by atoms with van der Waals surface area (Å²) in [5, 5.41) is 13.5. The van der Waals surface area contributed by atoms with Gasteiger partial charge in [-0.25, -0.2) is 0 Å². The fraction of sp³-hybridized carbons (Fsp3) is 0.273. The summed E-state index contributed by atoms with van der Waals surface area (Å²) in [6.45, 7) is 3.73. The molecular weight excluding hydrogens is 422 g/mol. The van der Waals surface area contributed by atoms with E-state index in [9.17, 15) is 19.7 Å². The van der Waals surface area contributed by atoms with Gasteiger partial charge in [0.05, 0.1) is 15.5 Å². The largest absolute Gasteiger partial charge is 0.481 e. The summed E-state index contributed by atoms with van der Waals surface area (Å²) in [5.41, 5.74) is 0.419. The molecule has 0 heterocycles. The lowest BCUT2D eigenvalue weighted by Gasteiger charge is -2.27. The summed E-state index contributed by atoms with van der Waals surface area (Å²) in [6.07, 6.45) is 5.17. The third-order valence-electron chi connectivity index (χ3n) is 4.50. The predicted molar refractivity (Wildman–Crippen MR) is 118 cm³/mol. The van der Waals surface area contributed by atoms with E-state index in [1.807, 2.05) is 0 Å². The first-order chi connectivity index (χ1) is 14.6. The smallest absolute Gasteiger partial charge is 0.270 e. The Bertz CT molecular complexity index is 1010. The molecule has 2 aromatic carbocycles. The number of non-ortho nitro benzene ring substituents is 1. The number of carbonyl (C=O) groups is 2. The number of nitrogens with one attached hydrogen (secondary N) is 1. The second-order valence-corrected chi connectivity index (χ2v) is 7.41. The van der Waals surface area contributed by atoms with Gasteiger partial charge in [0, 0.05) is 24.9 Å². The number of carbonyl (C=O) groups excluding carboxylic acids is 2. The van der Waals surface area contributed by atoms with Gasteiger partial charge in [-0.2, -0.15) is 0 Å². The van der Waals surface area contributed by atoms with Crippen molar-refractivity contribution < 1.29 is 19.2 Å². The fourth-order valence-electron chi connectivity index (χ4n) is 2.76. The Morgan fingerprint density at radius 2 is 1.90 bits per heavy atom. The van der Waals surface area contributed by atoms with Gasteiger partial charge >= 0.3 is 0 Å². The van der Waals surface area contributed by atoms with E-state index in [-0.39, 0.29) is 34.7 Å². The SMILES string of the molecule is C#CCOc1ccc(N(C)C(=O)C(NC(=O)c2ccc([N+](=O)[O-])cc2Cl)C(C)C)cc1. The molecule has 0 aliphatic carbocycles. The van der Waals surface area contributed by atoms with Gasteiger partial charge < -0.3 is 15.0 Å². The first-order valence-corrected chi connectivity index (χ1v) is 9.72. The zero-order valence-corrected chi connectivity index (χ0v) is 18.1. The van der Waals surface area contributed by atoms with Crippen LogP contribution in [0.25, 0.3) is 0 Å². The van der Waals surface area contributed by atoms with Crippen LogP contribution in [-0.4, -0.2) is 36.4 Å². The number of terminal acetylenes is 1. The molecule has 1 atom stereocenters. The van der Waals surface area contributed by atoms with Crippen LogP contribution in [0, 0.1) is 28.4 Å². The number of hydrogen-bond acceptors (Lipinski definition) is 5. The van der Waals surface area contributed by atoms with Crippen molar-refractivity contribution in [3.8, 4) is 18.1 Å². The molecule has 2 rings (SSSR count). The number of halogens is 1. The third kappa shape index (κ3) is 5.96. The number of anilines is 1. The van der Waals surface area contributed by atoms with Gasteiger partial charge in [0.1, 0.15) is 18.4 Å². The van der Waals surface area contributed by atoms with Crippen molar-refractivity contribution in [2.24, 2.45) is 5.92 Å².